The molecular weight excluding hydrogens is 969 g/mol. The second-order valence-corrected chi connectivity index (χ2v) is 20.5. The standard InChI is InChI=1S/C28H34N6O4.C28H30N6O4/c2*1-28(2,3)38-27(36)33-17-15-32(16-18-33)22-13-14-30-24-23(22)31-34(25(24)26(29)35)19-9-11-21(12-10-19)37-20-7-5-4-6-8-20/h4-12,22,30H,13-18H2,1-3H3,(H2,29,35);4-14H,15-18H2,1-3H3,(H2,29,35). The number of nitrogens with one attached hydrogen (secondary N) is 1. The van der Waals surface area contributed by atoms with E-state index in [9.17, 15) is 19.2 Å². The summed E-state index contributed by atoms with van der Waals surface area (Å²) in [5, 5.41) is 13.0. The molecule has 20 nitrogen and oxygen atoms in total. The summed E-state index contributed by atoms with van der Waals surface area (Å²) in [5.74, 6) is 1.62. The number of hydrogen-bond donors (Lipinski definition) is 3. The van der Waals surface area contributed by atoms with E-state index in [1.165, 1.54) is 4.68 Å². The summed E-state index contributed by atoms with van der Waals surface area (Å²) >= 11 is 0. The van der Waals surface area contributed by atoms with Crippen LogP contribution in [0.3, 0.4) is 0 Å². The Kier molecular flexibility index (Phi) is 15.2. The number of amides is 4. The van der Waals surface area contributed by atoms with Crippen LogP contribution in [0.15, 0.2) is 121 Å². The lowest BCUT2D eigenvalue weighted by Gasteiger charge is -2.40. The topological polar surface area (TPSA) is 231 Å². The predicted octanol–water partition coefficient (Wildman–Crippen LogP) is 8.54. The SMILES string of the molecule is CC(C)(C)OC(=O)N1CCN(C2CCNc3c2nn(-c2ccc(Oc4ccccc4)cc2)c3C(N)=O)CC1.CC(C)(C)OC(=O)N1CCN(c2ccnc3c(C(N)=O)n(-c4ccc(Oc5ccccc5)cc4)nc23)CC1. The number of para-hydroxylation sites is 2. The van der Waals surface area contributed by atoms with Crippen molar-refractivity contribution in [2.24, 2.45) is 11.5 Å². The minimum atomic E-state index is -0.628. The van der Waals surface area contributed by atoms with Crippen LogP contribution in [0.1, 0.15) is 80.7 Å². The molecule has 5 N–H and O–H groups in total. The van der Waals surface area contributed by atoms with Crippen LogP contribution in [-0.2, 0) is 9.47 Å². The number of nitrogens with two attached hydrogens (primary N) is 2. The number of anilines is 2. The average molecular weight is 1030 g/mol. The molecule has 2 fully saturated rings. The molecule has 20 heteroatoms. The first-order chi connectivity index (χ1) is 36.4. The van der Waals surface area contributed by atoms with E-state index in [1.807, 2.05) is 157 Å². The number of benzene rings is 4. The summed E-state index contributed by atoms with van der Waals surface area (Å²) in [6.45, 7) is 16.6. The van der Waals surface area contributed by atoms with Crippen molar-refractivity contribution in [1.82, 2.24) is 39.2 Å². The van der Waals surface area contributed by atoms with Crippen LogP contribution >= 0.6 is 0 Å². The van der Waals surface area contributed by atoms with Gasteiger partial charge in [0.25, 0.3) is 11.8 Å². The molecule has 4 amide bonds. The largest absolute Gasteiger partial charge is 0.457 e. The van der Waals surface area contributed by atoms with Crippen LogP contribution in [0, 0.1) is 0 Å². The van der Waals surface area contributed by atoms with E-state index in [0.29, 0.717) is 104 Å². The highest BCUT2D eigenvalue weighted by Crippen LogP contribution is 2.38. The number of nitrogens with zero attached hydrogens (tertiary/aromatic N) is 9. The molecule has 1 unspecified atom stereocenters. The Morgan fingerprint density at radius 3 is 1.49 bits per heavy atom. The van der Waals surface area contributed by atoms with Crippen molar-refractivity contribution in [3.05, 3.63) is 139 Å². The highest BCUT2D eigenvalue weighted by molar-refractivity contribution is 6.06. The molecule has 2 saturated heterocycles. The smallest absolute Gasteiger partial charge is 0.410 e. The summed E-state index contributed by atoms with van der Waals surface area (Å²) in [7, 11) is 0. The van der Waals surface area contributed by atoms with Crippen molar-refractivity contribution in [1.29, 1.82) is 0 Å². The molecular formula is C56H64N12O8. The van der Waals surface area contributed by atoms with E-state index in [0.717, 1.165) is 29.3 Å². The van der Waals surface area contributed by atoms with Crippen LogP contribution in [0.5, 0.6) is 23.0 Å². The van der Waals surface area contributed by atoms with Gasteiger partial charge in [0.2, 0.25) is 0 Å². The van der Waals surface area contributed by atoms with E-state index >= 15 is 0 Å². The first-order valence-corrected chi connectivity index (χ1v) is 25.3. The second-order valence-electron chi connectivity index (χ2n) is 20.5. The monoisotopic (exact) mass is 1030 g/mol. The summed E-state index contributed by atoms with van der Waals surface area (Å²) < 4.78 is 26.0. The lowest BCUT2D eigenvalue weighted by Crippen LogP contribution is -2.51. The van der Waals surface area contributed by atoms with Gasteiger partial charge in [-0.25, -0.2) is 19.0 Å². The van der Waals surface area contributed by atoms with Crippen molar-refractivity contribution < 1.29 is 38.1 Å². The maximum atomic E-state index is 12.6. The fourth-order valence-corrected chi connectivity index (χ4v) is 9.27. The Labute approximate surface area is 441 Å². The minimum Gasteiger partial charge on any atom is -0.457 e. The Morgan fingerprint density at radius 2 is 1.01 bits per heavy atom. The molecule has 396 valence electrons. The quantitative estimate of drug-likeness (QED) is 0.117. The highest BCUT2D eigenvalue weighted by Gasteiger charge is 2.37. The molecule has 3 aliphatic heterocycles. The number of pyridine rings is 1. The summed E-state index contributed by atoms with van der Waals surface area (Å²) in [6, 6.07) is 35.5. The van der Waals surface area contributed by atoms with Crippen molar-refractivity contribution in [3.8, 4) is 34.4 Å². The molecule has 0 aliphatic carbocycles. The number of rotatable bonds is 10. The number of aromatic nitrogens is 5. The normalized spacial score (nSPS) is 15.9. The predicted molar refractivity (Wildman–Crippen MR) is 288 cm³/mol. The van der Waals surface area contributed by atoms with E-state index in [-0.39, 0.29) is 23.9 Å². The molecule has 0 saturated carbocycles. The zero-order valence-corrected chi connectivity index (χ0v) is 43.6. The highest BCUT2D eigenvalue weighted by atomic mass is 16.6. The number of carbonyl (C=O) groups is 4. The Hall–Kier alpha value is -8.65. The van der Waals surface area contributed by atoms with E-state index < -0.39 is 23.0 Å². The number of carbonyl (C=O) groups excluding carboxylic acids is 4. The third-order valence-corrected chi connectivity index (χ3v) is 12.8. The second kappa shape index (κ2) is 22.1. The van der Waals surface area contributed by atoms with Gasteiger partial charge >= 0.3 is 12.2 Å². The molecule has 1 atom stereocenters. The van der Waals surface area contributed by atoms with Gasteiger partial charge < -0.3 is 50.4 Å². The molecule has 6 heterocycles. The van der Waals surface area contributed by atoms with Gasteiger partial charge in [0.1, 0.15) is 50.9 Å². The Bertz CT molecular complexity index is 3170. The van der Waals surface area contributed by atoms with Gasteiger partial charge in [-0.05, 0) is 127 Å². The number of ether oxygens (including phenoxy) is 4. The third-order valence-electron chi connectivity index (χ3n) is 12.8. The van der Waals surface area contributed by atoms with E-state index in [2.05, 4.69) is 20.1 Å². The van der Waals surface area contributed by atoms with E-state index in [1.54, 1.807) is 20.7 Å². The number of primary amides is 2. The number of piperazine rings is 2. The Morgan fingerprint density at radius 1 is 0.553 bits per heavy atom. The van der Waals surface area contributed by atoms with Crippen molar-refractivity contribution in [3.63, 3.8) is 0 Å². The lowest BCUT2D eigenvalue weighted by atomic mass is 10.0. The average Bonchev–Trinajstić information content (AvgIpc) is 4.01. The maximum absolute atomic E-state index is 12.6. The van der Waals surface area contributed by atoms with Gasteiger partial charge in [0.05, 0.1) is 28.8 Å². The molecule has 0 spiro atoms. The van der Waals surface area contributed by atoms with Gasteiger partial charge in [-0.3, -0.25) is 19.5 Å². The molecule has 3 aliphatic rings. The Balaban J connectivity index is 0.000000186. The zero-order chi connectivity index (χ0) is 53.7. The van der Waals surface area contributed by atoms with Crippen molar-refractivity contribution >= 4 is 46.4 Å². The molecule has 7 aromatic rings. The fourth-order valence-electron chi connectivity index (χ4n) is 9.27. The van der Waals surface area contributed by atoms with Crippen LogP contribution in [0.2, 0.25) is 0 Å². The van der Waals surface area contributed by atoms with E-state index in [4.69, 9.17) is 40.6 Å². The van der Waals surface area contributed by atoms with Crippen LogP contribution in [0.4, 0.5) is 21.0 Å². The zero-order valence-electron chi connectivity index (χ0n) is 43.6. The molecule has 4 aromatic carbocycles. The summed E-state index contributed by atoms with van der Waals surface area (Å²) in [5.41, 5.74) is 15.7. The lowest BCUT2D eigenvalue weighted by molar-refractivity contribution is 0.00945. The van der Waals surface area contributed by atoms with Crippen LogP contribution < -0.4 is 31.2 Å². The molecule has 10 rings (SSSR count). The number of fused-ring (bicyclic) bond motifs is 2. The first-order valence-electron chi connectivity index (χ1n) is 25.3. The van der Waals surface area contributed by atoms with Gasteiger partial charge in [-0.1, -0.05) is 36.4 Å². The van der Waals surface area contributed by atoms with Crippen molar-refractivity contribution in [2.75, 3.05) is 69.1 Å². The molecule has 0 radical (unpaired) electrons. The first kappa shape index (κ1) is 52.2. The van der Waals surface area contributed by atoms with Gasteiger partial charge in [-0.2, -0.15) is 10.2 Å². The molecule has 3 aromatic heterocycles. The minimum absolute atomic E-state index is 0.00655. The summed E-state index contributed by atoms with van der Waals surface area (Å²) in [4.78, 5) is 62.4. The van der Waals surface area contributed by atoms with Gasteiger partial charge in [-0.15, -0.1) is 0 Å². The fraction of sp³-hybridized carbons (Fsp3) is 0.339. The van der Waals surface area contributed by atoms with Crippen LogP contribution in [-0.4, -0.2) is 133 Å². The summed E-state index contributed by atoms with van der Waals surface area (Å²) in [6.07, 6.45) is 1.87. The van der Waals surface area contributed by atoms with Crippen molar-refractivity contribution in [2.45, 2.75) is 65.2 Å². The van der Waals surface area contributed by atoms with Crippen LogP contribution in [0.25, 0.3) is 22.4 Å². The maximum Gasteiger partial charge on any atom is 0.410 e. The van der Waals surface area contributed by atoms with Gasteiger partial charge in [0, 0.05) is 65.1 Å². The molecule has 0 bridgehead atoms. The van der Waals surface area contributed by atoms with Gasteiger partial charge in [0.15, 0.2) is 11.4 Å². The number of hydrogen-bond acceptors (Lipinski definition) is 14. The third kappa shape index (κ3) is 12.1. The molecule has 76 heavy (non-hydrogen) atoms.